The molecular weight excluding hydrogens is 280 g/mol. The van der Waals surface area contributed by atoms with Crippen molar-refractivity contribution in [3.8, 4) is 0 Å². The molecule has 0 aliphatic rings. The maximum Gasteiger partial charge on any atom is 0.272 e. The van der Waals surface area contributed by atoms with E-state index in [1.54, 1.807) is 12.3 Å². The van der Waals surface area contributed by atoms with Crippen LogP contribution in [0.1, 0.15) is 17.2 Å². The van der Waals surface area contributed by atoms with Crippen molar-refractivity contribution in [2.45, 2.75) is 26.9 Å². The molecule has 0 amide bonds. The molecule has 0 aliphatic heterocycles. The number of aryl methyl sites for hydroxylation is 2. The van der Waals surface area contributed by atoms with Crippen LogP contribution in [0.5, 0.6) is 0 Å². The molecule has 3 aromatic rings. The maximum absolute atomic E-state index is 12.0. The molecule has 7 heteroatoms. The molecule has 7 nitrogen and oxygen atoms in total. The molecule has 0 bridgehead atoms. The first-order valence-electron chi connectivity index (χ1n) is 7.27. The van der Waals surface area contributed by atoms with Crippen LogP contribution in [0.3, 0.4) is 0 Å². The highest BCUT2D eigenvalue weighted by atomic mass is 16.1. The SMILES string of the molecule is Cc1cc2nc(CN(C)CCn3ccnc3C)cc(=O)n2[nH]1. The van der Waals surface area contributed by atoms with E-state index >= 15 is 0 Å². The van der Waals surface area contributed by atoms with Gasteiger partial charge in [-0.25, -0.2) is 14.5 Å². The zero-order chi connectivity index (χ0) is 15.7. The molecule has 0 aliphatic carbocycles. The lowest BCUT2D eigenvalue weighted by molar-refractivity contribution is 0.307. The number of nitrogens with zero attached hydrogens (tertiary/aromatic N) is 5. The molecule has 1 N–H and O–H groups in total. The zero-order valence-corrected chi connectivity index (χ0v) is 13.1. The van der Waals surface area contributed by atoms with E-state index in [-0.39, 0.29) is 5.56 Å². The standard InChI is InChI=1S/C15H20N6O/c1-11-8-14-17-13(9-15(22)21(14)18-11)10-19(3)6-7-20-5-4-16-12(20)2/h4-5,8-9,18H,6-7,10H2,1-3H3. The summed E-state index contributed by atoms with van der Waals surface area (Å²) >= 11 is 0. The van der Waals surface area contributed by atoms with E-state index in [1.165, 1.54) is 4.52 Å². The van der Waals surface area contributed by atoms with Gasteiger partial charge in [0.25, 0.3) is 5.56 Å². The van der Waals surface area contributed by atoms with Gasteiger partial charge in [-0.05, 0) is 20.9 Å². The summed E-state index contributed by atoms with van der Waals surface area (Å²) in [6, 6.07) is 3.46. The highest BCUT2D eigenvalue weighted by molar-refractivity contribution is 5.39. The van der Waals surface area contributed by atoms with Gasteiger partial charge in [0.15, 0.2) is 5.65 Å². The van der Waals surface area contributed by atoms with Gasteiger partial charge >= 0.3 is 0 Å². The highest BCUT2D eigenvalue weighted by Gasteiger charge is 2.07. The van der Waals surface area contributed by atoms with Gasteiger partial charge in [0.1, 0.15) is 5.82 Å². The van der Waals surface area contributed by atoms with Crippen LogP contribution in [-0.2, 0) is 13.1 Å². The fraction of sp³-hybridized carbons (Fsp3) is 0.400. The number of hydrogen-bond donors (Lipinski definition) is 1. The first-order valence-corrected chi connectivity index (χ1v) is 7.27. The lowest BCUT2D eigenvalue weighted by atomic mass is 10.3. The lowest BCUT2D eigenvalue weighted by Crippen LogP contribution is -2.25. The number of likely N-dealkylation sites (N-methyl/N-ethyl adjacent to an activating group) is 1. The van der Waals surface area contributed by atoms with Crippen molar-refractivity contribution in [1.82, 2.24) is 29.0 Å². The summed E-state index contributed by atoms with van der Waals surface area (Å²) in [4.78, 5) is 22.9. The Morgan fingerprint density at radius 3 is 2.86 bits per heavy atom. The summed E-state index contributed by atoms with van der Waals surface area (Å²) in [5.41, 5.74) is 2.30. The molecule has 0 fully saturated rings. The molecule has 0 spiro atoms. The molecule has 0 unspecified atom stereocenters. The van der Waals surface area contributed by atoms with Crippen molar-refractivity contribution in [3.63, 3.8) is 0 Å². The Morgan fingerprint density at radius 1 is 1.32 bits per heavy atom. The average molecular weight is 300 g/mol. The van der Waals surface area contributed by atoms with Crippen molar-refractivity contribution in [3.05, 3.63) is 52.1 Å². The molecule has 3 heterocycles. The Morgan fingerprint density at radius 2 is 2.14 bits per heavy atom. The third-order valence-corrected chi connectivity index (χ3v) is 3.71. The predicted octanol–water partition coefficient (Wildman–Crippen LogP) is 0.968. The normalized spacial score (nSPS) is 11.6. The molecule has 0 saturated heterocycles. The van der Waals surface area contributed by atoms with Crippen LogP contribution in [-0.4, -0.2) is 42.6 Å². The van der Waals surface area contributed by atoms with Crippen LogP contribution >= 0.6 is 0 Å². The zero-order valence-electron chi connectivity index (χ0n) is 13.1. The van der Waals surface area contributed by atoms with Crippen molar-refractivity contribution in [2.24, 2.45) is 0 Å². The van der Waals surface area contributed by atoms with Gasteiger partial charge in [-0.2, -0.15) is 0 Å². The molecule has 116 valence electrons. The number of fused-ring (bicyclic) bond motifs is 1. The van der Waals surface area contributed by atoms with Crippen molar-refractivity contribution < 1.29 is 0 Å². The molecule has 0 atom stereocenters. The fourth-order valence-electron chi connectivity index (χ4n) is 2.52. The summed E-state index contributed by atoms with van der Waals surface area (Å²) in [6.45, 7) is 6.28. The van der Waals surface area contributed by atoms with Gasteiger partial charge in [-0.15, -0.1) is 0 Å². The third kappa shape index (κ3) is 2.94. The van der Waals surface area contributed by atoms with E-state index in [0.29, 0.717) is 12.2 Å². The van der Waals surface area contributed by atoms with E-state index in [1.807, 2.05) is 33.2 Å². The number of H-pyrrole nitrogens is 1. The van der Waals surface area contributed by atoms with Crippen molar-refractivity contribution >= 4 is 5.65 Å². The van der Waals surface area contributed by atoms with Gasteiger partial charge in [-0.1, -0.05) is 0 Å². The Hall–Kier alpha value is -2.41. The van der Waals surface area contributed by atoms with Gasteiger partial charge < -0.3 is 4.57 Å². The summed E-state index contributed by atoms with van der Waals surface area (Å²) in [5, 5.41) is 2.97. The number of nitrogens with one attached hydrogen (secondary N) is 1. The Labute approximate surface area is 128 Å². The van der Waals surface area contributed by atoms with Gasteiger partial charge in [0, 0.05) is 49.9 Å². The van der Waals surface area contributed by atoms with Crippen LogP contribution in [0.4, 0.5) is 0 Å². The quantitative estimate of drug-likeness (QED) is 0.762. The topological polar surface area (TPSA) is 71.2 Å². The molecule has 0 aromatic carbocycles. The Balaban J connectivity index is 1.69. The minimum atomic E-state index is -0.0769. The fourth-order valence-corrected chi connectivity index (χ4v) is 2.52. The number of aromatic amines is 1. The molecule has 3 rings (SSSR count). The first-order chi connectivity index (χ1) is 10.5. The first kappa shape index (κ1) is 14.5. The second kappa shape index (κ2) is 5.76. The van der Waals surface area contributed by atoms with Crippen LogP contribution in [0, 0.1) is 13.8 Å². The van der Waals surface area contributed by atoms with Gasteiger partial charge in [0.2, 0.25) is 0 Å². The number of rotatable bonds is 5. The van der Waals surface area contributed by atoms with Crippen molar-refractivity contribution in [2.75, 3.05) is 13.6 Å². The van der Waals surface area contributed by atoms with E-state index in [9.17, 15) is 4.79 Å². The summed E-state index contributed by atoms with van der Waals surface area (Å²) < 4.78 is 3.57. The molecule has 22 heavy (non-hydrogen) atoms. The third-order valence-electron chi connectivity index (χ3n) is 3.71. The van der Waals surface area contributed by atoms with Gasteiger partial charge in [-0.3, -0.25) is 14.8 Å². The number of imidazole rings is 1. The molecule has 0 saturated carbocycles. The van der Waals surface area contributed by atoms with Crippen LogP contribution in [0.15, 0.2) is 29.3 Å². The maximum atomic E-state index is 12.0. The van der Waals surface area contributed by atoms with E-state index in [2.05, 4.69) is 24.5 Å². The largest absolute Gasteiger partial charge is 0.334 e. The summed E-state index contributed by atoms with van der Waals surface area (Å²) in [7, 11) is 2.03. The Kier molecular flexibility index (Phi) is 3.81. The van der Waals surface area contributed by atoms with Crippen LogP contribution in [0.25, 0.3) is 5.65 Å². The monoisotopic (exact) mass is 300 g/mol. The summed E-state index contributed by atoms with van der Waals surface area (Å²) in [6.07, 6.45) is 3.78. The highest BCUT2D eigenvalue weighted by Crippen LogP contribution is 2.04. The Bertz CT molecular complexity index is 843. The smallest absolute Gasteiger partial charge is 0.272 e. The second-order valence-corrected chi connectivity index (χ2v) is 5.62. The van der Waals surface area contributed by atoms with Crippen LogP contribution in [0.2, 0.25) is 0 Å². The number of aromatic nitrogens is 5. The van der Waals surface area contributed by atoms with Crippen LogP contribution < -0.4 is 5.56 Å². The van der Waals surface area contributed by atoms with E-state index in [4.69, 9.17) is 0 Å². The number of hydrogen-bond acceptors (Lipinski definition) is 4. The van der Waals surface area contributed by atoms with Gasteiger partial charge in [0.05, 0.1) is 5.69 Å². The van der Waals surface area contributed by atoms with Crippen molar-refractivity contribution in [1.29, 1.82) is 0 Å². The lowest BCUT2D eigenvalue weighted by Gasteiger charge is -2.16. The predicted molar refractivity (Wildman–Crippen MR) is 83.8 cm³/mol. The molecular formula is C15H20N6O. The minimum Gasteiger partial charge on any atom is -0.334 e. The van der Waals surface area contributed by atoms with E-state index < -0.39 is 0 Å². The second-order valence-electron chi connectivity index (χ2n) is 5.62. The van der Waals surface area contributed by atoms with E-state index in [0.717, 1.165) is 30.3 Å². The molecule has 3 aromatic heterocycles. The minimum absolute atomic E-state index is 0.0769. The summed E-state index contributed by atoms with van der Waals surface area (Å²) in [5.74, 6) is 1.01. The average Bonchev–Trinajstić information content (AvgIpc) is 3.02. The molecule has 0 radical (unpaired) electrons.